The Balaban J connectivity index is 1.72. The maximum absolute atomic E-state index is 9.16. The van der Waals surface area contributed by atoms with Gasteiger partial charge in [0.15, 0.2) is 0 Å². The molecule has 1 N–H and O–H groups in total. The summed E-state index contributed by atoms with van der Waals surface area (Å²) in [5, 5.41) is 9.16. The number of aliphatic hydroxyl groups excluding tert-OH is 1. The molecule has 1 aliphatic rings. The molecule has 0 radical (unpaired) electrons. The number of rotatable bonds is 12. The number of nitrogens with zero attached hydrogens (tertiary/aromatic N) is 1. The summed E-state index contributed by atoms with van der Waals surface area (Å²) in [6.07, 6.45) is 13.0. The number of hydrogen-bond donors (Lipinski definition) is 1. The van der Waals surface area contributed by atoms with E-state index in [1.807, 2.05) is 6.92 Å². The van der Waals surface area contributed by atoms with Gasteiger partial charge < -0.3 is 9.84 Å². The molecule has 1 fully saturated rings. The molecule has 1 unspecified atom stereocenters. The van der Waals surface area contributed by atoms with E-state index in [0.717, 1.165) is 32.7 Å². The fourth-order valence-corrected chi connectivity index (χ4v) is 2.84. The molecule has 0 amide bonds. The lowest BCUT2D eigenvalue weighted by molar-refractivity contribution is 0.0371. The monoisotopic (exact) mass is 285 g/mol. The average Bonchev–Trinajstić information content (AvgIpc) is 2.45. The molecule has 0 aromatic heterocycles. The van der Waals surface area contributed by atoms with E-state index in [4.69, 9.17) is 9.84 Å². The molecule has 1 heterocycles. The van der Waals surface area contributed by atoms with Gasteiger partial charge in [0, 0.05) is 13.1 Å². The summed E-state index contributed by atoms with van der Waals surface area (Å²) >= 11 is 0. The first kappa shape index (κ1) is 17.9. The Kier molecular flexibility index (Phi) is 11.3. The van der Waals surface area contributed by atoms with Gasteiger partial charge in [-0.15, -0.1) is 0 Å². The topological polar surface area (TPSA) is 32.7 Å². The van der Waals surface area contributed by atoms with Crippen molar-refractivity contribution in [3.63, 3.8) is 0 Å². The molecule has 0 aliphatic carbocycles. The predicted octanol–water partition coefficient (Wildman–Crippen LogP) is 3.60. The van der Waals surface area contributed by atoms with Crippen LogP contribution in [0.15, 0.2) is 0 Å². The summed E-state index contributed by atoms with van der Waals surface area (Å²) in [4.78, 5) is 2.53. The van der Waals surface area contributed by atoms with Gasteiger partial charge in [-0.05, 0) is 26.3 Å². The highest BCUT2D eigenvalue weighted by molar-refractivity contribution is 4.61. The van der Waals surface area contributed by atoms with E-state index < -0.39 is 0 Å². The minimum Gasteiger partial charge on any atom is -0.393 e. The van der Waals surface area contributed by atoms with Crippen LogP contribution in [-0.4, -0.2) is 49.0 Å². The normalized spacial score (nSPS) is 18.3. The van der Waals surface area contributed by atoms with E-state index in [-0.39, 0.29) is 6.10 Å². The Labute approximate surface area is 125 Å². The van der Waals surface area contributed by atoms with Crippen LogP contribution < -0.4 is 0 Å². The van der Waals surface area contributed by atoms with Crippen molar-refractivity contribution in [3.05, 3.63) is 0 Å². The fraction of sp³-hybridized carbons (Fsp3) is 1.00. The zero-order chi connectivity index (χ0) is 14.5. The summed E-state index contributed by atoms with van der Waals surface area (Å²) in [6.45, 7) is 7.27. The lowest BCUT2D eigenvalue weighted by Gasteiger charge is -2.26. The average molecular weight is 285 g/mol. The molecule has 1 saturated heterocycles. The molecule has 0 aromatic rings. The highest BCUT2D eigenvalue weighted by Gasteiger charge is 2.08. The van der Waals surface area contributed by atoms with Gasteiger partial charge in [0.2, 0.25) is 0 Å². The molecule has 1 atom stereocenters. The van der Waals surface area contributed by atoms with Gasteiger partial charge in [-0.2, -0.15) is 0 Å². The molecular formula is C17H35NO2. The number of ether oxygens (including phenoxy) is 1. The first-order chi connectivity index (χ1) is 9.79. The Morgan fingerprint density at radius 2 is 1.35 bits per heavy atom. The Morgan fingerprint density at radius 3 is 1.90 bits per heavy atom. The van der Waals surface area contributed by atoms with Crippen LogP contribution >= 0.6 is 0 Å². The van der Waals surface area contributed by atoms with Gasteiger partial charge in [0.05, 0.1) is 19.3 Å². The van der Waals surface area contributed by atoms with Crippen LogP contribution in [-0.2, 0) is 4.74 Å². The van der Waals surface area contributed by atoms with Crippen molar-refractivity contribution in [2.24, 2.45) is 0 Å². The second kappa shape index (κ2) is 12.6. The SMILES string of the molecule is CC(O)CCCCCCCCCCCN1CCOCC1. The Morgan fingerprint density at radius 1 is 0.850 bits per heavy atom. The second-order valence-corrected chi connectivity index (χ2v) is 6.27. The van der Waals surface area contributed by atoms with Crippen LogP contribution in [0, 0.1) is 0 Å². The van der Waals surface area contributed by atoms with Crippen molar-refractivity contribution in [3.8, 4) is 0 Å². The number of hydrogen-bond acceptors (Lipinski definition) is 3. The maximum Gasteiger partial charge on any atom is 0.0594 e. The van der Waals surface area contributed by atoms with E-state index in [1.165, 1.54) is 64.3 Å². The largest absolute Gasteiger partial charge is 0.393 e. The lowest BCUT2D eigenvalue weighted by Crippen LogP contribution is -2.36. The van der Waals surface area contributed by atoms with Gasteiger partial charge in [-0.3, -0.25) is 4.90 Å². The van der Waals surface area contributed by atoms with Crippen LogP contribution in [0.2, 0.25) is 0 Å². The minimum absolute atomic E-state index is 0.110. The van der Waals surface area contributed by atoms with Crippen LogP contribution in [0.25, 0.3) is 0 Å². The molecule has 1 aliphatic heterocycles. The molecule has 3 heteroatoms. The summed E-state index contributed by atoms with van der Waals surface area (Å²) in [5.74, 6) is 0. The first-order valence-electron chi connectivity index (χ1n) is 8.77. The van der Waals surface area contributed by atoms with Crippen molar-refractivity contribution < 1.29 is 9.84 Å². The van der Waals surface area contributed by atoms with Crippen molar-refractivity contribution in [2.75, 3.05) is 32.8 Å². The van der Waals surface area contributed by atoms with E-state index in [9.17, 15) is 0 Å². The van der Waals surface area contributed by atoms with Gasteiger partial charge in [0.1, 0.15) is 0 Å². The van der Waals surface area contributed by atoms with Gasteiger partial charge >= 0.3 is 0 Å². The standard InChI is InChI=1S/C17H35NO2/c1-17(19)11-9-7-5-3-2-4-6-8-10-12-18-13-15-20-16-14-18/h17,19H,2-16H2,1H3. The molecule has 20 heavy (non-hydrogen) atoms. The van der Waals surface area contributed by atoms with Gasteiger partial charge in [-0.1, -0.05) is 51.4 Å². The first-order valence-corrected chi connectivity index (χ1v) is 8.77. The van der Waals surface area contributed by atoms with Crippen molar-refractivity contribution in [1.82, 2.24) is 4.90 Å². The highest BCUT2D eigenvalue weighted by atomic mass is 16.5. The third kappa shape index (κ3) is 10.6. The fourth-order valence-electron chi connectivity index (χ4n) is 2.84. The maximum atomic E-state index is 9.16. The van der Waals surface area contributed by atoms with Crippen LogP contribution in [0.4, 0.5) is 0 Å². The molecule has 120 valence electrons. The lowest BCUT2D eigenvalue weighted by atomic mass is 10.1. The molecule has 1 rings (SSSR count). The van der Waals surface area contributed by atoms with E-state index in [1.54, 1.807) is 0 Å². The van der Waals surface area contributed by atoms with E-state index >= 15 is 0 Å². The Bertz CT molecular complexity index is 203. The molecule has 0 bridgehead atoms. The number of aliphatic hydroxyl groups is 1. The van der Waals surface area contributed by atoms with Crippen LogP contribution in [0.3, 0.4) is 0 Å². The third-order valence-electron chi connectivity index (χ3n) is 4.20. The number of unbranched alkanes of at least 4 members (excludes halogenated alkanes) is 8. The van der Waals surface area contributed by atoms with Crippen LogP contribution in [0.1, 0.15) is 71.1 Å². The number of morpholine rings is 1. The van der Waals surface area contributed by atoms with Crippen molar-refractivity contribution in [1.29, 1.82) is 0 Å². The molecule has 0 aromatic carbocycles. The zero-order valence-electron chi connectivity index (χ0n) is 13.5. The van der Waals surface area contributed by atoms with E-state index in [0.29, 0.717) is 0 Å². The minimum atomic E-state index is -0.110. The van der Waals surface area contributed by atoms with Crippen molar-refractivity contribution in [2.45, 2.75) is 77.2 Å². The second-order valence-electron chi connectivity index (χ2n) is 6.27. The summed E-state index contributed by atoms with van der Waals surface area (Å²) in [7, 11) is 0. The molecule has 0 saturated carbocycles. The van der Waals surface area contributed by atoms with Crippen molar-refractivity contribution >= 4 is 0 Å². The quantitative estimate of drug-likeness (QED) is 0.556. The van der Waals surface area contributed by atoms with Gasteiger partial charge in [0.25, 0.3) is 0 Å². The summed E-state index contributed by atoms with van der Waals surface area (Å²) in [6, 6.07) is 0. The summed E-state index contributed by atoms with van der Waals surface area (Å²) in [5.41, 5.74) is 0. The molecular weight excluding hydrogens is 250 g/mol. The van der Waals surface area contributed by atoms with Crippen LogP contribution in [0.5, 0.6) is 0 Å². The summed E-state index contributed by atoms with van der Waals surface area (Å²) < 4.78 is 5.36. The molecule has 3 nitrogen and oxygen atoms in total. The zero-order valence-corrected chi connectivity index (χ0v) is 13.5. The van der Waals surface area contributed by atoms with E-state index in [2.05, 4.69) is 4.90 Å². The Hall–Kier alpha value is -0.120. The van der Waals surface area contributed by atoms with Gasteiger partial charge in [-0.25, -0.2) is 0 Å². The highest BCUT2D eigenvalue weighted by Crippen LogP contribution is 2.11. The smallest absolute Gasteiger partial charge is 0.0594 e. The third-order valence-corrected chi connectivity index (χ3v) is 4.20. The predicted molar refractivity (Wildman–Crippen MR) is 85.1 cm³/mol. The molecule has 0 spiro atoms.